The van der Waals surface area contributed by atoms with Gasteiger partial charge in [0.25, 0.3) is 0 Å². The Kier molecular flexibility index (Phi) is 2.43. The van der Waals surface area contributed by atoms with Crippen LogP contribution in [0.2, 0.25) is 0 Å². The summed E-state index contributed by atoms with van der Waals surface area (Å²) in [7, 11) is 1.59. The zero-order valence-corrected chi connectivity index (χ0v) is 8.81. The molecule has 2 N–H and O–H groups in total. The molecule has 1 aromatic carbocycles. The summed E-state index contributed by atoms with van der Waals surface area (Å²) in [5.41, 5.74) is 6.66. The maximum absolute atomic E-state index is 13.5. The molecule has 84 valence electrons. The van der Waals surface area contributed by atoms with Crippen LogP contribution < -0.4 is 10.5 Å². The molecule has 0 aliphatic heterocycles. The molecular weight excluding hydrogens is 213 g/mol. The van der Waals surface area contributed by atoms with Gasteiger partial charge < -0.3 is 10.5 Å². The highest BCUT2D eigenvalue weighted by molar-refractivity contribution is 5.50. The summed E-state index contributed by atoms with van der Waals surface area (Å²) >= 11 is 0. The third-order valence-electron chi connectivity index (χ3n) is 2.10. The van der Waals surface area contributed by atoms with Crippen molar-refractivity contribution in [1.82, 2.24) is 20.2 Å². The molecule has 6 nitrogen and oxygen atoms in total. The highest BCUT2D eigenvalue weighted by Crippen LogP contribution is 2.26. The van der Waals surface area contributed by atoms with Gasteiger partial charge in [-0.2, -0.15) is 4.68 Å². The van der Waals surface area contributed by atoms with Crippen LogP contribution in [0.1, 0.15) is 5.56 Å². The highest BCUT2D eigenvalue weighted by atomic mass is 19.1. The number of ether oxygens (including phenoxy) is 1. The molecular formula is C9H10FN5O. The molecule has 1 heterocycles. The number of rotatable bonds is 2. The highest BCUT2D eigenvalue weighted by Gasteiger charge is 2.11. The lowest BCUT2D eigenvalue weighted by Crippen LogP contribution is -1.99. The van der Waals surface area contributed by atoms with E-state index in [0.717, 1.165) is 5.56 Å². The maximum Gasteiger partial charge on any atom is 0.340 e. The molecule has 1 aromatic heterocycles. The first-order valence-electron chi connectivity index (χ1n) is 4.54. The van der Waals surface area contributed by atoms with Gasteiger partial charge >= 0.3 is 6.01 Å². The number of aromatic nitrogens is 4. The molecule has 0 bridgehead atoms. The fraction of sp³-hybridized carbons (Fsp3) is 0.222. The van der Waals surface area contributed by atoms with Crippen molar-refractivity contribution < 1.29 is 9.13 Å². The first-order chi connectivity index (χ1) is 7.58. The van der Waals surface area contributed by atoms with Crippen molar-refractivity contribution in [3.8, 4) is 11.8 Å². The quantitative estimate of drug-likeness (QED) is 0.769. The summed E-state index contributed by atoms with van der Waals surface area (Å²) in [6.07, 6.45) is 0. The topological polar surface area (TPSA) is 78.9 Å². The molecule has 16 heavy (non-hydrogen) atoms. The van der Waals surface area contributed by atoms with Crippen LogP contribution in [-0.4, -0.2) is 20.2 Å². The minimum atomic E-state index is -0.550. The fourth-order valence-electron chi connectivity index (χ4n) is 1.15. The molecule has 0 saturated carbocycles. The molecule has 0 unspecified atom stereocenters. The molecule has 7 heteroatoms. The van der Waals surface area contributed by atoms with Crippen LogP contribution in [0.3, 0.4) is 0 Å². The van der Waals surface area contributed by atoms with Crippen molar-refractivity contribution in [3.63, 3.8) is 0 Å². The number of tetrazole rings is 1. The second kappa shape index (κ2) is 3.76. The molecule has 0 aliphatic rings. The van der Waals surface area contributed by atoms with Gasteiger partial charge in [-0.25, -0.2) is 4.39 Å². The third-order valence-corrected chi connectivity index (χ3v) is 2.10. The monoisotopic (exact) mass is 223 g/mol. The lowest BCUT2D eigenvalue weighted by atomic mass is 10.2. The van der Waals surface area contributed by atoms with Gasteiger partial charge in [0.05, 0.1) is 0 Å². The predicted octanol–water partition coefficient (Wildman–Crippen LogP) is 1.03. The molecule has 2 aromatic rings. The molecule has 0 spiro atoms. The van der Waals surface area contributed by atoms with E-state index in [-0.39, 0.29) is 11.8 Å². The van der Waals surface area contributed by atoms with E-state index in [1.165, 1.54) is 16.8 Å². The SMILES string of the molecule is Cc1cc(Oc2nnnn2C)c(F)cc1N. The first kappa shape index (κ1) is 10.3. The van der Waals surface area contributed by atoms with E-state index in [1.54, 1.807) is 14.0 Å². The van der Waals surface area contributed by atoms with Crippen molar-refractivity contribution >= 4 is 5.69 Å². The number of nitrogens with zero attached hydrogens (tertiary/aromatic N) is 4. The van der Waals surface area contributed by atoms with Crippen molar-refractivity contribution in [1.29, 1.82) is 0 Å². The number of anilines is 1. The first-order valence-corrected chi connectivity index (χ1v) is 4.54. The predicted molar refractivity (Wildman–Crippen MR) is 54.4 cm³/mol. The minimum Gasteiger partial charge on any atom is -0.420 e. The van der Waals surface area contributed by atoms with E-state index >= 15 is 0 Å². The van der Waals surface area contributed by atoms with Crippen LogP contribution in [0.4, 0.5) is 10.1 Å². The summed E-state index contributed by atoms with van der Waals surface area (Å²) in [6, 6.07) is 2.82. The molecule has 0 fully saturated rings. The zero-order chi connectivity index (χ0) is 11.7. The van der Waals surface area contributed by atoms with E-state index in [0.29, 0.717) is 5.69 Å². The van der Waals surface area contributed by atoms with Crippen molar-refractivity contribution in [3.05, 3.63) is 23.5 Å². The van der Waals surface area contributed by atoms with Gasteiger partial charge in [0.2, 0.25) is 0 Å². The number of halogens is 1. The minimum absolute atomic E-state index is 0.0459. The number of hydrogen-bond donors (Lipinski definition) is 1. The number of nitrogens with two attached hydrogens (primary N) is 1. The van der Waals surface area contributed by atoms with Gasteiger partial charge in [-0.1, -0.05) is 5.10 Å². The van der Waals surface area contributed by atoms with Gasteiger partial charge in [-0.15, -0.1) is 0 Å². The Morgan fingerprint density at radius 3 is 2.81 bits per heavy atom. The van der Waals surface area contributed by atoms with Crippen LogP contribution >= 0.6 is 0 Å². The van der Waals surface area contributed by atoms with E-state index in [9.17, 15) is 4.39 Å². The second-order valence-electron chi connectivity index (χ2n) is 3.33. The van der Waals surface area contributed by atoms with Crippen LogP contribution in [0, 0.1) is 12.7 Å². The molecule has 0 atom stereocenters. The average molecular weight is 223 g/mol. The van der Waals surface area contributed by atoms with Crippen molar-refractivity contribution in [2.24, 2.45) is 7.05 Å². The zero-order valence-electron chi connectivity index (χ0n) is 8.81. The molecule has 0 amide bonds. The Balaban J connectivity index is 2.35. The van der Waals surface area contributed by atoms with Crippen molar-refractivity contribution in [2.75, 3.05) is 5.73 Å². The third kappa shape index (κ3) is 1.79. The molecule has 0 saturated heterocycles. The van der Waals surface area contributed by atoms with Crippen LogP contribution in [0.15, 0.2) is 12.1 Å². The van der Waals surface area contributed by atoms with Crippen molar-refractivity contribution in [2.45, 2.75) is 6.92 Å². The van der Waals surface area contributed by atoms with Gasteiger partial charge in [-0.05, 0) is 29.0 Å². The average Bonchev–Trinajstić information content (AvgIpc) is 2.61. The van der Waals surface area contributed by atoms with Crippen LogP contribution in [0.5, 0.6) is 11.8 Å². The Bertz CT molecular complexity index is 525. The Morgan fingerprint density at radius 1 is 1.44 bits per heavy atom. The van der Waals surface area contributed by atoms with E-state index in [1.807, 2.05) is 0 Å². The van der Waals surface area contributed by atoms with Gasteiger partial charge in [0.1, 0.15) is 0 Å². The number of benzene rings is 1. The van der Waals surface area contributed by atoms with E-state index in [4.69, 9.17) is 10.5 Å². The maximum atomic E-state index is 13.5. The lowest BCUT2D eigenvalue weighted by molar-refractivity contribution is 0.390. The second-order valence-corrected chi connectivity index (χ2v) is 3.33. The summed E-state index contributed by atoms with van der Waals surface area (Å²) in [6.45, 7) is 1.76. The van der Waals surface area contributed by atoms with E-state index < -0.39 is 5.82 Å². The van der Waals surface area contributed by atoms with E-state index in [2.05, 4.69) is 15.5 Å². The standard InChI is InChI=1S/C9H10FN5O/c1-5-3-8(6(10)4-7(5)11)16-9-12-13-14-15(9)2/h3-4H,11H2,1-2H3. The number of aryl methyl sites for hydroxylation is 2. The molecule has 0 radical (unpaired) electrons. The van der Waals surface area contributed by atoms with Crippen LogP contribution in [-0.2, 0) is 7.05 Å². The van der Waals surface area contributed by atoms with Gasteiger partial charge in [0.15, 0.2) is 11.6 Å². The Hall–Kier alpha value is -2.18. The smallest absolute Gasteiger partial charge is 0.340 e. The summed E-state index contributed by atoms with van der Waals surface area (Å²) in [5, 5.41) is 10.5. The number of nitrogen functional groups attached to an aromatic ring is 1. The van der Waals surface area contributed by atoms with Gasteiger partial charge in [-0.3, -0.25) is 0 Å². The normalized spacial score (nSPS) is 10.4. The van der Waals surface area contributed by atoms with Gasteiger partial charge in [0, 0.05) is 18.8 Å². The van der Waals surface area contributed by atoms with Crippen LogP contribution in [0.25, 0.3) is 0 Å². The lowest BCUT2D eigenvalue weighted by Gasteiger charge is -2.07. The molecule has 0 aliphatic carbocycles. The summed E-state index contributed by atoms with van der Waals surface area (Å²) in [5.74, 6) is -0.504. The molecule has 2 rings (SSSR count). The number of hydrogen-bond acceptors (Lipinski definition) is 5. The fourth-order valence-corrected chi connectivity index (χ4v) is 1.15. The Morgan fingerprint density at radius 2 is 2.19 bits per heavy atom. The summed E-state index contributed by atoms with van der Waals surface area (Å²) < 4.78 is 20.0. The summed E-state index contributed by atoms with van der Waals surface area (Å²) in [4.78, 5) is 0. The Labute approximate surface area is 90.8 Å². The largest absolute Gasteiger partial charge is 0.420 e.